The van der Waals surface area contributed by atoms with Gasteiger partial charge in [-0.05, 0) is 12.8 Å². The van der Waals surface area contributed by atoms with E-state index < -0.39 is 5.97 Å². The van der Waals surface area contributed by atoms with Crippen molar-refractivity contribution in [3.05, 3.63) is 18.0 Å². The average Bonchev–Trinajstić information content (AvgIpc) is 2.69. The van der Waals surface area contributed by atoms with Crippen LogP contribution >= 0.6 is 0 Å². The minimum atomic E-state index is -0.836. The molecule has 5 nitrogen and oxygen atoms in total. The van der Waals surface area contributed by atoms with E-state index in [9.17, 15) is 4.79 Å². The molecule has 0 bridgehead atoms. The lowest BCUT2D eigenvalue weighted by Gasteiger charge is -2.08. The summed E-state index contributed by atoms with van der Waals surface area (Å²) in [7, 11) is 0. The fraction of sp³-hybridized carbons (Fsp3) is 0.556. The molecule has 1 aliphatic rings. The summed E-state index contributed by atoms with van der Waals surface area (Å²) < 4.78 is 7.11. The molecule has 0 amide bonds. The van der Waals surface area contributed by atoms with Gasteiger partial charge in [0.15, 0.2) is 0 Å². The third-order valence-electron chi connectivity index (χ3n) is 2.21. The first-order valence-corrected chi connectivity index (χ1v) is 4.62. The van der Waals surface area contributed by atoms with Crippen LogP contribution in [-0.2, 0) is 16.0 Å². The Bertz CT molecular complexity index is 329. The van der Waals surface area contributed by atoms with Crippen molar-refractivity contribution >= 4 is 5.97 Å². The first-order chi connectivity index (χ1) is 6.75. The summed E-state index contributed by atoms with van der Waals surface area (Å²) in [6, 6.07) is 0. The van der Waals surface area contributed by atoms with Crippen LogP contribution < -0.4 is 0 Å². The number of carboxylic acid groups (broad SMARTS) is 1. The lowest BCUT2D eigenvalue weighted by molar-refractivity contribution is -0.136. The van der Waals surface area contributed by atoms with E-state index in [1.807, 2.05) is 0 Å². The van der Waals surface area contributed by atoms with Crippen molar-refractivity contribution in [3.8, 4) is 0 Å². The van der Waals surface area contributed by atoms with Crippen LogP contribution in [0, 0.1) is 0 Å². The van der Waals surface area contributed by atoms with Crippen LogP contribution in [-0.4, -0.2) is 27.5 Å². The van der Waals surface area contributed by atoms with Crippen molar-refractivity contribution in [1.82, 2.24) is 9.78 Å². The maximum atomic E-state index is 10.4. The molecule has 1 saturated heterocycles. The van der Waals surface area contributed by atoms with Crippen LogP contribution in [0.2, 0.25) is 0 Å². The number of aliphatic carboxylic acids is 1. The summed E-state index contributed by atoms with van der Waals surface area (Å²) >= 11 is 0. The molecule has 76 valence electrons. The third-order valence-corrected chi connectivity index (χ3v) is 2.21. The van der Waals surface area contributed by atoms with E-state index in [2.05, 4.69) is 5.10 Å². The molecule has 0 aliphatic carbocycles. The zero-order valence-electron chi connectivity index (χ0n) is 7.72. The predicted octanol–water partition coefficient (Wildman–Crippen LogP) is 0.819. The second-order valence-corrected chi connectivity index (χ2v) is 3.37. The lowest BCUT2D eigenvalue weighted by atomic mass is 10.2. The smallest absolute Gasteiger partial charge is 0.307 e. The molecular formula is C9H12N2O3. The molecule has 1 atom stereocenters. The van der Waals surface area contributed by atoms with E-state index in [1.54, 1.807) is 17.1 Å². The summed E-state index contributed by atoms with van der Waals surface area (Å²) in [5.41, 5.74) is 0.716. The molecule has 1 aliphatic heterocycles. The summed E-state index contributed by atoms with van der Waals surface area (Å²) in [4.78, 5) is 10.4. The molecule has 1 aromatic rings. The Balaban J connectivity index is 2.05. The fourth-order valence-corrected chi connectivity index (χ4v) is 1.57. The molecule has 0 aromatic carbocycles. The molecule has 1 N–H and O–H groups in total. The van der Waals surface area contributed by atoms with E-state index in [4.69, 9.17) is 9.84 Å². The van der Waals surface area contributed by atoms with Crippen LogP contribution in [0.3, 0.4) is 0 Å². The zero-order valence-corrected chi connectivity index (χ0v) is 7.72. The molecule has 0 saturated carbocycles. The highest BCUT2D eigenvalue weighted by molar-refractivity contribution is 5.69. The van der Waals surface area contributed by atoms with Gasteiger partial charge in [-0.2, -0.15) is 5.10 Å². The molecule has 0 spiro atoms. The van der Waals surface area contributed by atoms with E-state index in [0.717, 1.165) is 19.4 Å². The number of carbonyl (C=O) groups is 1. The van der Waals surface area contributed by atoms with Crippen LogP contribution in [0.1, 0.15) is 24.6 Å². The van der Waals surface area contributed by atoms with Crippen molar-refractivity contribution in [1.29, 1.82) is 0 Å². The van der Waals surface area contributed by atoms with Gasteiger partial charge in [-0.25, -0.2) is 4.68 Å². The number of aromatic nitrogens is 2. The third kappa shape index (κ3) is 1.93. The quantitative estimate of drug-likeness (QED) is 0.777. The molecule has 1 aromatic heterocycles. The van der Waals surface area contributed by atoms with Gasteiger partial charge < -0.3 is 9.84 Å². The molecule has 1 fully saturated rings. The number of carboxylic acids is 1. The monoisotopic (exact) mass is 196 g/mol. The fourth-order valence-electron chi connectivity index (χ4n) is 1.57. The van der Waals surface area contributed by atoms with Gasteiger partial charge in [-0.3, -0.25) is 4.79 Å². The van der Waals surface area contributed by atoms with Gasteiger partial charge in [-0.15, -0.1) is 0 Å². The highest BCUT2D eigenvalue weighted by atomic mass is 16.5. The largest absolute Gasteiger partial charge is 0.481 e. The molecule has 0 radical (unpaired) electrons. The minimum Gasteiger partial charge on any atom is -0.481 e. The number of hydrogen-bond donors (Lipinski definition) is 1. The van der Waals surface area contributed by atoms with E-state index in [0.29, 0.717) is 5.56 Å². The van der Waals surface area contributed by atoms with Gasteiger partial charge in [-0.1, -0.05) is 0 Å². The Morgan fingerprint density at radius 3 is 3.29 bits per heavy atom. The Morgan fingerprint density at radius 1 is 1.79 bits per heavy atom. The number of nitrogens with zero attached hydrogens (tertiary/aromatic N) is 2. The van der Waals surface area contributed by atoms with Crippen molar-refractivity contribution in [2.24, 2.45) is 0 Å². The lowest BCUT2D eigenvalue weighted by Crippen LogP contribution is -2.07. The topological polar surface area (TPSA) is 64.3 Å². The summed E-state index contributed by atoms with van der Waals surface area (Å²) in [5, 5.41) is 12.7. The van der Waals surface area contributed by atoms with Gasteiger partial charge in [0.05, 0.1) is 12.6 Å². The molecule has 2 rings (SSSR count). The van der Waals surface area contributed by atoms with Gasteiger partial charge in [0.2, 0.25) is 0 Å². The molecule has 1 unspecified atom stereocenters. The van der Waals surface area contributed by atoms with Gasteiger partial charge in [0.25, 0.3) is 0 Å². The van der Waals surface area contributed by atoms with Crippen molar-refractivity contribution < 1.29 is 14.6 Å². The van der Waals surface area contributed by atoms with Gasteiger partial charge in [0.1, 0.15) is 6.23 Å². The van der Waals surface area contributed by atoms with Crippen LogP contribution in [0.5, 0.6) is 0 Å². The Morgan fingerprint density at radius 2 is 2.64 bits per heavy atom. The van der Waals surface area contributed by atoms with Crippen LogP contribution in [0.15, 0.2) is 12.4 Å². The average molecular weight is 196 g/mol. The first kappa shape index (κ1) is 9.21. The van der Waals surface area contributed by atoms with Crippen molar-refractivity contribution in [2.75, 3.05) is 6.61 Å². The maximum Gasteiger partial charge on any atom is 0.307 e. The maximum absolute atomic E-state index is 10.4. The molecule has 14 heavy (non-hydrogen) atoms. The number of rotatable bonds is 3. The summed E-state index contributed by atoms with van der Waals surface area (Å²) in [6.45, 7) is 0.763. The van der Waals surface area contributed by atoms with Crippen LogP contribution in [0.25, 0.3) is 0 Å². The van der Waals surface area contributed by atoms with Crippen molar-refractivity contribution in [2.45, 2.75) is 25.5 Å². The molecular weight excluding hydrogens is 184 g/mol. The number of ether oxygens (including phenoxy) is 1. The number of hydrogen-bond acceptors (Lipinski definition) is 3. The van der Waals surface area contributed by atoms with E-state index in [1.165, 1.54) is 0 Å². The normalized spacial score (nSPS) is 21.3. The predicted molar refractivity (Wildman–Crippen MR) is 47.8 cm³/mol. The summed E-state index contributed by atoms with van der Waals surface area (Å²) in [5.74, 6) is -0.836. The van der Waals surface area contributed by atoms with E-state index in [-0.39, 0.29) is 12.6 Å². The molecule has 5 heteroatoms. The van der Waals surface area contributed by atoms with Gasteiger partial charge in [0, 0.05) is 18.4 Å². The summed E-state index contributed by atoms with van der Waals surface area (Å²) in [6.07, 6.45) is 5.33. The van der Waals surface area contributed by atoms with Crippen LogP contribution in [0.4, 0.5) is 0 Å². The highest BCUT2D eigenvalue weighted by Crippen LogP contribution is 2.22. The SMILES string of the molecule is O=C(O)Cc1cnn(C2CCCO2)c1. The van der Waals surface area contributed by atoms with Crippen molar-refractivity contribution in [3.63, 3.8) is 0 Å². The Labute approximate surface area is 81.3 Å². The second-order valence-electron chi connectivity index (χ2n) is 3.37. The Kier molecular flexibility index (Phi) is 2.49. The van der Waals surface area contributed by atoms with Gasteiger partial charge >= 0.3 is 5.97 Å². The highest BCUT2D eigenvalue weighted by Gasteiger charge is 2.18. The second kappa shape index (κ2) is 3.79. The first-order valence-electron chi connectivity index (χ1n) is 4.62. The Hall–Kier alpha value is -1.36. The zero-order chi connectivity index (χ0) is 9.97. The molecule has 2 heterocycles. The minimum absolute atomic E-state index is 0.00227. The van der Waals surface area contributed by atoms with E-state index >= 15 is 0 Å². The standard InChI is InChI=1S/C9H12N2O3/c12-9(13)4-7-5-10-11(6-7)8-2-1-3-14-8/h5-6,8H,1-4H2,(H,12,13).